The van der Waals surface area contributed by atoms with E-state index in [1.165, 1.54) is 0 Å². The number of benzene rings is 3. The molecule has 42 heavy (non-hydrogen) atoms. The number of carbonyl (C=O) groups excluding carboxylic acids is 2. The smallest absolute Gasteiger partial charge is 0.255 e. The number of para-hydroxylation sites is 1. The van der Waals surface area contributed by atoms with E-state index in [4.69, 9.17) is 9.47 Å². The highest BCUT2D eigenvalue weighted by molar-refractivity contribution is 5.97. The molecule has 0 saturated heterocycles. The number of aliphatic hydroxyl groups is 1. The van der Waals surface area contributed by atoms with Gasteiger partial charge < -0.3 is 30.2 Å². The Kier molecular flexibility index (Phi) is 10.8. The summed E-state index contributed by atoms with van der Waals surface area (Å²) in [7, 11) is 1.63. The molecule has 0 fully saturated rings. The standard InChI is InChI=1S/C34H37N3O5/c1-23(2)42-32-15-14-25(13-12-24-8-6-9-26(18-24)33(39)35-16-7-17-41-3)19-30(32)34(40)37-28(22-38)20-27-21-36-31-11-5-4-10-29(27)31/h4-6,8-11,14-15,18-19,21,23,28,36,38H,7,16-17,20,22H2,1-3H3,(H,35,39)(H,37,40)/t28-/m1/s1. The molecule has 8 heteroatoms. The number of rotatable bonds is 12. The predicted molar refractivity (Wildman–Crippen MR) is 164 cm³/mol. The number of aromatic nitrogens is 1. The summed E-state index contributed by atoms with van der Waals surface area (Å²) in [6.07, 6.45) is 2.96. The van der Waals surface area contributed by atoms with Gasteiger partial charge in [0.05, 0.1) is 24.3 Å². The van der Waals surface area contributed by atoms with Crippen LogP contribution in [0.25, 0.3) is 10.9 Å². The van der Waals surface area contributed by atoms with Crippen molar-refractivity contribution in [1.82, 2.24) is 15.6 Å². The van der Waals surface area contributed by atoms with Gasteiger partial charge in [-0.2, -0.15) is 0 Å². The number of ether oxygens (including phenoxy) is 2. The maximum absolute atomic E-state index is 13.5. The minimum Gasteiger partial charge on any atom is -0.490 e. The highest BCUT2D eigenvalue weighted by atomic mass is 16.5. The van der Waals surface area contributed by atoms with E-state index in [1.807, 2.05) is 50.4 Å². The van der Waals surface area contributed by atoms with E-state index < -0.39 is 6.04 Å². The molecule has 1 atom stereocenters. The van der Waals surface area contributed by atoms with E-state index in [9.17, 15) is 14.7 Å². The van der Waals surface area contributed by atoms with Gasteiger partial charge in [-0.25, -0.2) is 0 Å². The zero-order valence-corrected chi connectivity index (χ0v) is 24.2. The summed E-state index contributed by atoms with van der Waals surface area (Å²) in [5, 5.41) is 17.0. The first kappa shape index (κ1) is 30.4. The molecule has 0 saturated carbocycles. The largest absolute Gasteiger partial charge is 0.490 e. The van der Waals surface area contributed by atoms with Gasteiger partial charge in [0.25, 0.3) is 11.8 Å². The van der Waals surface area contributed by atoms with Gasteiger partial charge in [-0.3, -0.25) is 9.59 Å². The van der Waals surface area contributed by atoms with Crippen molar-refractivity contribution in [2.24, 2.45) is 0 Å². The van der Waals surface area contributed by atoms with Crippen LogP contribution in [0.1, 0.15) is 57.7 Å². The number of aliphatic hydroxyl groups excluding tert-OH is 1. The second-order valence-electron chi connectivity index (χ2n) is 10.2. The monoisotopic (exact) mass is 567 g/mol. The summed E-state index contributed by atoms with van der Waals surface area (Å²) in [5.74, 6) is 6.09. The van der Waals surface area contributed by atoms with Crippen LogP contribution in [-0.4, -0.2) is 60.9 Å². The molecule has 4 rings (SSSR count). The third-order valence-electron chi connectivity index (χ3n) is 6.57. The molecule has 0 radical (unpaired) electrons. The molecule has 8 nitrogen and oxygen atoms in total. The van der Waals surface area contributed by atoms with Crippen molar-refractivity contribution >= 4 is 22.7 Å². The number of nitrogens with one attached hydrogen (secondary N) is 3. The predicted octanol–water partition coefficient (Wildman–Crippen LogP) is 4.45. The van der Waals surface area contributed by atoms with Crippen LogP contribution in [0.3, 0.4) is 0 Å². The van der Waals surface area contributed by atoms with Gasteiger partial charge in [-0.1, -0.05) is 36.1 Å². The maximum Gasteiger partial charge on any atom is 0.255 e. The fraction of sp³-hybridized carbons (Fsp3) is 0.294. The molecule has 218 valence electrons. The molecule has 4 N–H and O–H groups in total. The van der Waals surface area contributed by atoms with Crippen LogP contribution < -0.4 is 15.4 Å². The molecule has 1 aromatic heterocycles. The van der Waals surface area contributed by atoms with Gasteiger partial charge in [-0.15, -0.1) is 0 Å². The van der Waals surface area contributed by atoms with Crippen molar-refractivity contribution in [3.8, 4) is 17.6 Å². The summed E-state index contributed by atoms with van der Waals surface area (Å²) in [5.41, 5.74) is 4.15. The topological polar surface area (TPSA) is 113 Å². The van der Waals surface area contributed by atoms with Crippen LogP contribution >= 0.6 is 0 Å². The zero-order chi connectivity index (χ0) is 29.9. The number of amides is 2. The van der Waals surface area contributed by atoms with Gasteiger partial charge in [0, 0.05) is 54.1 Å². The van der Waals surface area contributed by atoms with Crippen LogP contribution in [0.2, 0.25) is 0 Å². The number of fused-ring (bicyclic) bond motifs is 1. The summed E-state index contributed by atoms with van der Waals surface area (Å²) in [6, 6.07) is 19.7. The van der Waals surface area contributed by atoms with Crippen LogP contribution in [0.15, 0.2) is 72.9 Å². The average molecular weight is 568 g/mol. The highest BCUT2D eigenvalue weighted by Crippen LogP contribution is 2.23. The molecule has 0 aliphatic rings. The molecule has 0 spiro atoms. The Bertz CT molecular complexity index is 1580. The third-order valence-corrected chi connectivity index (χ3v) is 6.57. The quantitative estimate of drug-likeness (QED) is 0.149. The second-order valence-corrected chi connectivity index (χ2v) is 10.2. The lowest BCUT2D eigenvalue weighted by atomic mass is 10.0. The SMILES string of the molecule is COCCCNC(=O)c1cccc(C#Cc2ccc(OC(C)C)c(C(=O)N[C@@H](CO)Cc3c[nH]c4ccccc34)c2)c1. The van der Waals surface area contributed by atoms with Gasteiger partial charge in [0.2, 0.25) is 0 Å². The molecule has 1 heterocycles. The number of hydrogen-bond donors (Lipinski definition) is 4. The Morgan fingerprint density at radius 1 is 0.976 bits per heavy atom. The van der Waals surface area contributed by atoms with E-state index in [2.05, 4.69) is 27.5 Å². The molecule has 0 unspecified atom stereocenters. The molecule has 4 aromatic rings. The molecule has 0 bridgehead atoms. The first-order chi connectivity index (χ1) is 20.4. The Hall–Kier alpha value is -4.58. The first-order valence-corrected chi connectivity index (χ1v) is 14.0. The number of H-pyrrole nitrogens is 1. The fourth-order valence-electron chi connectivity index (χ4n) is 4.54. The zero-order valence-electron chi connectivity index (χ0n) is 24.2. The molecular weight excluding hydrogens is 530 g/mol. The summed E-state index contributed by atoms with van der Waals surface area (Å²) in [6.45, 7) is 4.67. The average Bonchev–Trinajstić information content (AvgIpc) is 3.40. The van der Waals surface area contributed by atoms with E-state index in [0.717, 1.165) is 22.9 Å². The van der Waals surface area contributed by atoms with Crippen molar-refractivity contribution in [2.75, 3.05) is 26.9 Å². The van der Waals surface area contributed by atoms with E-state index in [-0.39, 0.29) is 24.5 Å². The van der Waals surface area contributed by atoms with Gasteiger partial charge >= 0.3 is 0 Å². The maximum atomic E-state index is 13.5. The van der Waals surface area contributed by atoms with Crippen LogP contribution in [0.4, 0.5) is 0 Å². The van der Waals surface area contributed by atoms with E-state index in [1.54, 1.807) is 43.5 Å². The molecule has 2 amide bonds. The Labute approximate surface area is 246 Å². The summed E-state index contributed by atoms with van der Waals surface area (Å²) in [4.78, 5) is 29.2. The fourth-order valence-corrected chi connectivity index (χ4v) is 4.54. The van der Waals surface area contributed by atoms with Crippen LogP contribution in [0, 0.1) is 11.8 Å². The number of hydrogen-bond acceptors (Lipinski definition) is 5. The Balaban J connectivity index is 1.51. The lowest BCUT2D eigenvalue weighted by Crippen LogP contribution is -2.39. The first-order valence-electron chi connectivity index (χ1n) is 14.0. The minimum atomic E-state index is -0.498. The van der Waals surface area contributed by atoms with E-state index >= 15 is 0 Å². The van der Waals surface area contributed by atoms with Crippen molar-refractivity contribution in [2.45, 2.75) is 38.8 Å². The highest BCUT2D eigenvalue weighted by Gasteiger charge is 2.20. The molecule has 0 aliphatic heterocycles. The van der Waals surface area contributed by atoms with Crippen molar-refractivity contribution in [3.63, 3.8) is 0 Å². The number of aromatic amines is 1. The minimum absolute atomic E-state index is 0.142. The normalized spacial score (nSPS) is 11.5. The molecular formula is C34H37N3O5. The second kappa shape index (κ2) is 14.9. The van der Waals surface area contributed by atoms with Crippen LogP contribution in [-0.2, 0) is 11.2 Å². The molecule has 3 aromatic carbocycles. The van der Waals surface area contributed by atoms with Gasteiger partial charge in [-0.05, 0) is 74.7 Å². The summed E-state index contributed by atoms with van der Waals surface area (Å²) < 4.78 is 10.9. The van der Waals surface area contributed by atoms with Crippen molar-refractivity contribution in [1.29, 1.82) is 0 Å². The number of carbonyl (C=O) groups is 2. The lowest BCUT2D eigenvalue weighted by molar-refractivity contribution is 0.0909. The Morgan fingerprint density at radius 3 is 2.52 bits per heavy atom. The number of methoxy groups -OCH3 is 1. The van der Waals surface area contributed by atoms with Crippen LogP contribution in [0.5, 0.6) is 5.75 Å². The third kappa shape index (κ3) is 8.23. The van der Waals surface area contributed by atoms with Gasteiger partial charge in [0.15, 0.2) is 0 Å². The Morgan fingerprint density at radius 2 is 1.76 bits per heavy atom. The van der Waals surface area contributed by atoms with Crippen molar-refractivity contribution < 1.29 is 24.2 Å². The van der Waals surface area contributed by atoms with Crippen molar-refractivity contribution in [3.05, 3.63) is 101 Å². The van der Waals surface area contributed by atoms with Gasteiger partial charge in [0.1, 0.15) is 5.75 Å². The summed E-state index contributed by atoms with van der Waals surface area (Å²) >= 11 is 0. The molecule has 0 aliphatic carbocycles. The lowest BCUT2D eigenvalue weighted by Gasteiger charge is -2.19. The van der Waals surface area contributed by atoms with E-state index in [0.29, 0.717) is 47.6 Å².